The average Bonchev–Trinajstić information content (AvgIpc) is 3.01. The summed E-state index contributed by atoms with van der Waals surface area (Å²) in [5, 5.41) is 13.2. The molecule has 126 valence electrons. The molecule has 1 saturated heterocycles. The first kappa shape index (κ1) is 16.9. The number of nitrogens with zero attached hydrogens (tertiary/aromatic N) is 2. The summed E-state index contributed by atoms with van der Waals surface area (Å²) in [5.41, 5.74) is 2.02. The molecule has 2 heterocycles. The summed E-state index contributed by atoms with van der Waals surface area (Å²) < 4.78 is 0. The van der Waals surface area contributed by atoms with Crippen LogP contribution in [-0.4, -0.2) is 40.1 Å². The summed E-state index contributed by atoms with van der Waals surface area (Å²) in [7, 11) is 0. The SMILES string of the molecule is Cc1nc(/C=C/C(=O)N2CC[C@H](O)[C@H](Cc3ccccc3)C2)cs1. The second kappa shape index (κ2) is 7.73. The van der Waals surface area contributed by atoms with E-state index in [2.05, 4.69) is 17.1 Å². The normalized spacial score (nSPS) is 21.3. The van der Waals surface area contributed by atoms with Crippen molar-refractivity contribution in [1.29, 1.82) is 0 Å². The molecule has 0 aliphatic carbocycles. The van der Waals surface area contributed by atoms with Crippen molar-refractivity contribution < 1.29 is 9.90 Å². The third-order valence-electron chi connectivity index (χ3n) is 4.38. The van der Waals surface area contributed by atoms with Crippen LogP contribution in [0.3, 0.4) is 0 Å². The minimum atomic E-state index is -0.348. The van der Waals surface area contributed by atoms with E-state index in [0.717, 1.165) is 17.1 Å². The number of aromatic nitrogens is 1. The number of benzene rings is 1. The van der Waals surface area contributed by atoms with Gasteiger partial charge in [-0.25, -0.2) is 4.98 Å². The van der Waals surface area contributed by atoms with E-state index in [4.69, 9.17) is 0 Å². The Morgan fingerprint density at radius 3 is 2.92 bits per heavy atom. The summed E-state index contributed by atoms with van der Waals surface area (Å²) >= 11 is 1.57. The number of amides is 1. The highest BCUT2D eigenvalue weighted by Crippen LogP contribution is 2.22. The highest BCUT2D eigenvalue weighted by atomic mass is 32.1. The molecule has 0 saturated carbocycles. The fourth-order valence-electron chi connectivity index (χ4n) is 3.06. The molecule has 2 atom stereocenters. The molecule has 4 nitrogen and oxygen atoms in total. The Balaban J connectivity index is 1.61. The van der Waals surface area contributed by atoms with Crippen LogP contribution in [0.4, 0.5) is 0 Å². The maximum Gasteiger partial charge on any atom is 0.246 e. The fraction of sp³-hybridized carbons (Fsp3) is 0.368. The first-order valence-corrected chi connectivity index (χ1v) is 9.11. The first-order chi connectivity index (χ1) is 11.6. The van der Waals surface area contributed by atoms with Crippen LogP contribution < -0.4 is 0 Å². The predicted octanol–water partition coefficient (Wildman–Crippen LogP) is 2.92. The van der Waals surface area contributed by atoms with Gasteiger partial charge in [0.1, 0.15) is 0 Å². The van der Waals surface area contributed by atoms with E-state index < -0.39 is 0 Å². The molecule has 0 unspecified atom stereocenters. The van der Waals surface area contributed by atoms with Crippen LogP contribution in [0.15, 0.2) is 41.8 Å². The zero-order valence-electron chi connectivity index (χ0n) is 13.8. The summed E-state index contributed by atoms with van der Waals surface area (Å²) in [4.78, 5) is 18.6. The molecule has 1 aromatic carbocycles. The topological polar surface area (TPSA) is 53.4 Å². The molecule has 0 radical (unpaired) electrons. The standard InChI is InChI=1S/C19H22N2O2S/c1-14-20-17(13-24-14)7-8-19(23)21-10-9-18(22)16(12-21)11-15-5-3-2-4-6-15/h2-8,13,16,18,22H,9-12H2,1H3/b8-7+/t16-,18+/m1/s1. The van der Waals surface area contributed by atoms with Gasteiger partial charge in [0.25, 0.3) is 0 Å². The molecule has 1 N–H and O–H groups in total. The van der Waals surface area contributed by atoms with Crippen molar-refractivity contribution in [3.63, 3.8) is 0 Å². The lowest BCUT2D eigenvalue weighted by Crippen LogP contribution is -2.46. The van der Waals surface area contributed by atoms with Gasteiger partial charge >= 0.3 is 0 Å². The Kier molecular flexibility index (Phi) is 5.43. The van der Waals surface area contributed by atoms with Crippen molar-refractivity contribution >= 4 is 23.3 Å². The number of aliphatic hydroxyl groups excluding tert-OH is 1. The number of aliphatic hydroxyl groups is 1. The van der Waals surface area contributed by atoms with E-state index in [0.29, 0.717) is 19.5 Å². The van der Waals surface area contributed by atoms with Crippen molar-refractivity contribution in [3.8, 4) is 0 Å². The number of thiazole rings is 1. The van der Waals surface area contributed by atoms with Gasteiger partial charge in [0.05, 0.1) is 16.8 Å². The van der Waals surface area contributed by atoms with Crippen LogP contribution >= 0.6 is 11.3 Å². The smallest absolute Gasteiger partial charge is 0.246 e. The van der Waals surface area contributed by atoms with Crippen LogP contribution in [0.25, 0.3) is 6.08 Å². The van der Waals surface area contributed by atoms with Gasteiger partial charge in [-0.05, 0) is 31.4 Å². The zero-order valence-corrected chi connectivity index (χ0v) is 14.6. The molecule has 1 amide bonds. The van der Waals surface area contributed by atoms with Crippen LogP contribution in [0.1, 0.15) is 22.7 Å². The molecule has 1 aliphatic rings. The monoisotopic (exact) mass is 342 g/mol. The first-order valence-electron chi connectivity index (χ1n) is 8.23. The Morgan fingerprint density at radius 2 is 2.21 bits per heavy atom. The molecular formula is C19H22N2O2S. The minimum absolute atomic E-state index is 0.00869. The number of aryl methyl sites for hydroxylation is 1. The molecule has 2 aromatic rings. The Labute approximate surface area is 146 Å². The third kappa shape index (κ3) is 4.30. The number of piperidine rings is 1. The Hall–Kier alpha value is -1.98. The fourth-order valence-corrected chi connectivity index (χ4v) is 3.64. The second-order valence-corrected chi connectivity index (χ2v) is 7.28. The van der Waals surface area contributed by atoms with Crippen LogP contribution in [0.5, 0.6) is 0 Å². The molecular weight excluding hydrogens is 320 g/mol. The maximum atomic E-state index is 12.4. The number of carbonyl (C=O) groups is 1. The lowest BCUT2D eigenvalue weighted by Gasteiger charge is -2.35. The summed E-state index contributed by atoms with van der Waals surface area (Å²) in [6, 6.07) is 10.1. The van der Waals surface area contributed by atoms with E-state index >= 15 is 0 Å². The van der Waals surface area contributed by atoms with Crippen LogP contribution in [-0.2, 0) is 11.2 Å². The van der Waals surface area contributed by atoms with Crippen molar-refractivity contribution in [2.24, 2.45) is 5.92 Å². The van der Waals surface area contributed by atoms with Gasteiger partial charge in [0.2, 0.25) is 5.91 Å². The lowest BCUT2D eigenvalue weighted by molar-refractivity contribution is -0.129. The van der Waals surface area contributed by atoms with Gasteiger partial charge in [-0.3, -0.25) is 4.79 Å². The van der Waals surface area contributed by atoms with Crippen molar-refractivity contribution in [2.75, 3.05) is 13.1 Å². The van der Waals surface area contributed by atoms with Gasteiger partial charge in [-0.15, -0.1) is 11.3 Å². The highest BCUT2D eigenvalue weighted by molar-refractivity contribution is 7.09. The maximum absolute atomic E-state index is 12.4. The molecule has 5 heteroatoms. The summed E-state index contributed by atoms with van der Waals surface area (Å²) in [5.74, 6) is 0.0747. The second-order valence-electron chi connectivity index (χ2n) is 6.21. The summed E-state index contributed by atoms with van der Waals surface area (Å²) in [6.07, 6.45) is 4.43. The number of hydrogen-bond donors (Lipinski definition) is 1. The quantitative estimate of drug-likeness (QED) is 0.869. The summed E-state index contributed by atoms with van der Waals surface area (Å²) in [6.45, 7) is 3.14. The Morgan fingerprint density at radius 1 is 1.42 bits per heavy atom. The molecule has 3 rings (SSSR count). The van der Waals surface area contributed by atoms with Gasteiger partial charge in [-0.2, -0.15) is 0 Å². The number of hydrogen-bond acceptors (Lipinski definition) is 4. The van der Waals surface area contributed by atoms with Gasteiger partial charge in [0.15, 0.2) is 0 Å². The van der Waals surface area contributed by atoms with E-state index in [1.165, 1.54) is 5.56 Å². The van der Waals surface area contributed by atoms with Crippen LogP contribution in [0, 0.1) is 12.8 Å². The minimum Gasteiger partial charge on any atom is -0.393 e. The lowest BCUT2D eigenvalue weighted by atomic mass is 9.88. The molecule has 0 bridgehead atoms. The van der Waals surface area contributed by atoms with Gasteiger partial charge in [-0.1, -0.05) is 30.3 Å². The highest BCUT2D eigenvalue weighted by Gasteiger charge is 2.29. The molecule has 24 heavy (non-hydrogen) atoms. The molecule has 0 spiro atoms. The van der Waals surface area contributed by atoms with Crippen molar-refractivity contribution in [2.45, 2.75) is 25.9 Å². The van der Waals surface area contributed by atoms with Gasteiger partial charge < -0.3 is 10.0 Å². The zero-order chi connectivity index (χ0) is 16.9. The largest absolute Gasteiger partial charge is 0.393 e. The third-order valence-corrected chi connectivity index (χ3v) is 5.17. The van der Waals surface area contributed by atoms with Crippen molar-refractivity contribution in [1.82, 2.24) is 9.88 Å². The number of carbonyl (C=O) groups excluding carboxylic acids is 1. The van der Waals surface area contributed by atoms with E-state index in [9.17, 15) is 9.90 Å². The number of likely N-dealkylation sites (tertiary alicyclic amines) is 1. The van der Waals surface area contributed by atoms with Gasteiger partial charge in [0, 0.05) is 30.5 Å². The van der Waals surface area contributed by atoms with E-state index in [1.807, 2.05) is 35.4 Å². The predicted molar refractivity (Wildman–Crippen MR) is 96.7 cm³/mol. The Bertz CT molecular complexity index is 711. The van der Waals surface area contributed by atoms with Crippen LogP contribution in [0.2, 0.25) is 0 Å². The molecule has 1 aliphatic heterocycles. The van der Waals surface area contributed by atoms with Crippen molar-refractivity contribution in [3.05, 3.63) is 58.1 Å². The number of rotatable bonds is 4. The average molecular weight is 342 g/mol. The molecule has 1 fully saturated rings. The van der Waals surface area contributed by atoms with E-state index in [1.54, 1.807) is 23.5 Å². The van der Waals surface area contributed by atoms with E-state index in [-0.39, 0.29) is 17.9 Å². The molecule has 1 aromatic heterocycles.